The summed E-state index contributed by atoms with van der Waals surface area (Å²) >= 11 is 0. The monoisotopic (exact) mass is 342 g/mol. The predicted octanol–water partition coefficient (Wildman–Crippen LogP) is 6.46. The fraction of sp³-hybridized carbons (Fsp3) is 0.652. The Morgan fingerprint density at radius 1 is 0.840 bits per heavy atom. The molecule has 1 aromatic rings. The van der Waals surface area contributed by atoms with E-state index < -0.39 is 0 Å². The Balaban J connectivity index is 1.27. The van der Waals surface area contributed by atoms with Gasteiger partial charge in [0.2, 0.25) is 0 Å². The van der Waals surface area contributed by atoms with Crippen LogP contribution < -0.4 is 4.74 Å². The average molecular weight is 342 g/mol. The molecule has 0 spiro atoms. The maximum atomic E-state index is 13.4. The lowest BCUT2D eigenvalue weighted by Crippen LogP contribution is -2.24. The molecule has 1 aliphatic heterocycles. The summed E-state index contributed by atoms with van der Waals surface area (Å²) in [6.45, 7) is 0. The Hall–Kier alpha value is -1.31. The Bertz CT molecular complexity index is 594. The van der Waals surface area contributed by atoms with Crippen LogP contribution in [0.4, 0.5) is 4.39 Å². The lowest BCUT2D eigenvalue weighted by atomic mass is 9.71. The van der Waals surface area contributed by atoms with Gasteiger partial charge in [0, 0.05) is 6.07 Å². The van der Waals surface area contributed by atoms with Gasteiger partial charge >= 0.3 is 0 Å². The van der Waals surface area contributed by atoms with Crippen LogP contribution in [0.5, 0.6) is 5.75 Å². The molecule has 0 saturated heterocycles. The lowest BCUT2D eigenvalue weighted by Gasteiger charge is -2.35. The summed E-state index contributed by atoms with van der Waals surface area (Å²) < 4.78 is 19.4. The molecule has 1 aromatic carbocycles. The molecule has 2 aliphatic carbocycles. The number of benzene rings is 1. The van der Waals surface area contributed by atoms with E-state index in [-0.39, 0.29) is 11.9 Å². The second-order valence-electron chi connectivity index (χ2n) is 8.40. The van der Waals surface area contributed by atoms with E-state index >= 15 is 0 Å². The summed E-state index contributed by atoms with van der Waals surface area (Å²) in [6.07, 6.45) is 19.6. The van der Waals surface area contributed by atoms with Gasteiger partial charge < -0.3 is 4.74 Å². The SMILES string of the molecule is Fc1ccc2c(c1)OC(/C=C/C1CCC(C3CCCCC3)CC1)CC2. The summed E-state index contributed by atoms with van der Waals surface area (Å²) in [6, 6.07) is 4.92. The molecule has 0 amide bonds. The van der Waals surface area contributed by atoms with Gasteiger partial charge in [-0.05, 0) is 74.0 Å². The summed E-state index contributed by atoms with van der Waals surface area (Å²) in [7, 11) is 0. The minimum atomic E-state index is -0.204. The van der Waals surface area contributed by atoms with Crippen molar-refractivity contribution in [2.75, 3.05) is 0 Å². The van der Waals surface area contributed by atoms with Crippen LogP contribution in [0.1, 0.15) is 69.8 Å². The van der Waals surface area contributed by atoms with Crippen molar-refractivity contribution in [3.05, 3.63) is 41.7 Å². The van der Waals surface area contributed by atoms with Crippen molar-refractivity contribution in [1.29, 1.82) is 0 Å². The van der Waals surface area contributed by atoms with Gasteiger partial charge in [-0.25, -0.2) is 4.39 Å². The van der Waals surface area contributed by atoms with Gasteiger partial charge in [-0.1, -0.05) is 44.2 Å². The van der Waals surface area contributed by atoms with Crippen LogP contribution in [-0.2, 0) is 6.42 Å². The minimum absolute atomic E-state index is 0.116. The first-order valence-electron chi connectivity index (χ1n) is 10.4. The molecule has 25 heavy (non-hydrogen) atoms. The van der Waals surface area contributed by atoms with Gasteiger partial charge in [0.15, 0.2) is 0 Å². The minimum Gasteiger partial charge on any atom is -0.486 e. The molecule has 2 heteroatoms. The Morgan fingerprint density at radius 3 is 2.40 bits per heavy atom. The summed E-state index contributed by atoms with van der Waals surface area (Å²) in [5, 5.41) is 0. The van der Waals surface area contributed by atoms with Gasteiger partial charge in [0.25, 0.3) is 0 Å². The zero-order valence-electron chi connectivity index (χ0n) is 15.3. The van der Waals surface area contributed by atoms with Gasteiger partial charge in [-0.2, -0.15) is 0 Å². The van der Waals surface area contributed by atoms with E-state index in [4.69, 9.17) is 4.74 Å². The highest BCUT2D eigenvalue weighted by Gasteiger charge is 2.28. The topological polar surface area (TPSA) is 9.23 Å². The zero-order valence-corrected chi connectivity index (χ0v) is 15.3. The van der Waals surface area contributed by atoms with E-state index in [2.05, 4.69) is 12.2 Å². The maximum Gasteiger partial charge on any atom is 0.126 e. The third-order valence-electron chi connectivity index (χ3n) is 6.74. The van der Waals surface area contributed by atoms with E-state index in [9.17, 15) is 4.39 Å². The highest BCUT2D eigenvalue weighted by atomic mass is 19.1. The quantitative estimate of drug-likeness (QED) is 0.573. The number of halogens is 1. The lowest BCUT2D eigenvalue weighted by molar-refractivity contribution is 0.178. The van der Waals surface area contributed by atoms with Crippen LogP contribution in [0.25, 0.3) is 0 Å². The number of hydrogen-bond acceptors (Lipinski definition) is 1. The van der Waals surface area contributed by atoms with Gasteiger partial charge in [-0.15, -0.1) is 0 Å². The molecule has 1 nitrogen and oxygen atoms in total. The largest absolute Gasteiger partial charge is 0.486 e. The smallest absolute Gasteiger partial charge is 0.126 e. The molecule has 3 aliphatic rings. The van der Waals surface area contributed by atoms with Crippen molar-refractivity contribution in [2.45, 2.75) is 76.7 Å². The summed E-state index contributed by atoms with van der Waals surface area (Å²) in [5.41, 5.74) is 1.14. The Kier molecular flexibility index (Phi) is 5.43. The highest BCUT2D eigenvalue weighted by molar-refractivity contribution is 5.36. The van der Waals surface area contributed by atoms with Crippen molar-refractivity contribution in [3.8, 4) is 5.75 Å². The van der Waals surface area contributed by atoms with Crippen LogP contribution in [0, 0.1) is 23.6 Å². The molecule has 0 N–H and O–H groups in total. The zero-order chi connectivity index (χ0) is 17.1. The van der Waals surface area contributed by atoms with E-state index in [1.807, 2.05) is 6.07 Å². The van der Waals surface area contributed by atoms with E-state index in [0.29, 0.717) is 0 Å². The Morgan fingerprint density at radius 2 is 1.60 bits per heavy atom. The predicted molar refractivity (Wildman–Crippen MR) is 100 cm³/mol. The van der Waals surface area contributed by atoms with Crippen LogP contribution >= 0.6 is 0 Å². The van der Waals surface area contributed by atoms with E-state index in [1.54, 1.807) is 0 Å². The second-order valence-corrected chi connectivity index (χ2v) is 8.40. The van der Waals surface area contributed by atoms with Crippen molar-refractivity contribution in [2.24, 2.45) is 17.8 Å². The van der Waals surface area contributed by atoms with Crippen LogP contribution in [0.15, 0.2) is 30.4 Å². The molecule has 2 fully saturated rings. The average Bonchev–Trinajstić information content (AvgIpc) is 2.67. The molecule has 4 rings (SSSR count). The number of ether oxygens (including phenoxy) is 1. The number of fused-ring (bicyclic) bond motifs is 1. The number of rotatable bonds is 3. The van der Waals surface area contributed by atoms with Crippen molar-refractivity contribution in [1.82, 2.24) is 0 Å². The van der Waals surface area contributed by atoms with Crippen LogP contribution in [0.3, 0.4) is 0 Å². The third-order valence-corrected chi connectivity index (χ3v) is 6.74. The molecule has 1 unspecified atom stereocenters. The molecule has 1 atom stereocenters. The first-order valence-corrected chi connectivity index (χ1v) is 10.4. The molecular weight excluding hydrogens is 311 g/mol. The highest BCUT2D eigenvalue weighted by Crippen LogP contribution is 2.40. The normalized spacial score (nSPS) is 30.8. The number of aryl methyl sites for hydroxylation is 1. The van der Waals surface area contributed by atoms with Crippen molar-refractivity contribution < 1.29 is 9.13 Å². The number of allylic oxidation sites excluding steroid dienone is 1. The molecular formula is C23H31FO. The molecule has 136 valence electrons. The van der Waals surface area contributed by atoms with Gasteiger partial charge in [0.1, 0.15) is 17.7 Å². The van der Waals surface area contributed by atoms with Gasteiger partial charge in [-0.3, -0.25) is 0 Å². The fourth-order valence-corrected chi connectivity index (χ4v) is 5.20. The van der Waals surface area contributed by atoms with E-state index in [0.717, 1.165) is 41.9 Å². The first-order chi connectivity index (χ1) is 12.3. The molecule has 1 heterocycles. The molecule has 2 saturated carbocycles. The maximum absolute atomic E-state index is 13.4. The Labute approximate surface area is 151 Å². The van der Waals surface area contributed by atoms with Crippen LogP contribution in [0.2, 0.25) is 0 Å². The fourth-order valence-electron chi connectivity index (χ4n) is 5.20. The summed E-state index contributed by atoms with van der Waals surface area (Å²) in [5.74, 6) is 3.26. The van der Waals surface area contributed by atoms with Crippen molar-refractivity contribution >= 4 is 0 Å². The molecule has 0 aromatic heterocycles. The third kappa shape index (κ3) is 4.27. The summed E-state index contributed by atoms with van der Waals surface area (Å²) in [4.78, 5) is 0. The van der Waals surface area contributed by atoms with Crippen molar-refractivity contribution in [3.63, 3.8) is 0 Å². The van der Waals surface area contributed by atoms with E-state index in [1.165, 1.54) is 69.9 Å². The second kappa shape index (κ2) is 7.93. The first kappa shape index (κ1) is 17.1. The molecule has 0 bridgehead atoms. The van der Waals surface area contributed by atoms with Gasteiger partial charge in [0.05, 0.1) is 0 Å². The standard InChI is InChI=1S/C23H31FO/c24-21-13-11-20-12-15-22(25-23(20)16-21)14-8-17-6-9-19(10-7-17)18-4-2-1-3-5-18/h8,11,13-14,16-19,22H,1-7,9-10,12,15H2/b14-8+. The van der Waals surface area contributed by atoms with Crippen LogP contribution in [-0.4, -0.2) is 6.10 Å². The number of hydrogen-bond donors (Lipinski definition) is 0. The molecule has 0 radical (unpaired) electrons.